The monoisotopic (exact) mass is 594 g/mol. The number of carbonyl (C=O) groups is 2. The summed E-state index contributed by atoms with van der Waals surface area (Å²) in [5.74, 6) is 0.634. The molecule has 42 heavy (non-hydrogen) atoms. The lowest BCUT2D eigenvalue weighted by atomic mass is 9.92. The molecule has 2 aliphatic rings. The van der Waals surface area contributed by atoms with E-state index in [1.165, 1.54) is 4.68 Å². The lowest BCUT2D eigenvalue weighted by Gasteiger charge is -2.36. The number of rotatable bonds is 7. The van der Waals surface area contributed by atoms with E-state index in [2.05, 4.69) is 10.2 Å². The maximum absolute atomic E-state index is 13.6. The first-order chi connectivity index (χ1) is 19.8. The van der Waals surface area contributed by atoms with E-state index in [-0.39, 0.29) is 23.1 Å². The molecule has 1 aliphatic carbocycles. The molecule has 5 rings (SSSR count). The number of carbonyl (C=O) groups excluding carboxylic acids is 2. The largest absolute Gasteiger partial charge is 0.368 e. The van der Waals surface area contributed by atoms with Crippen LogP contribution in [-0.4, -0.2) is 67.5 Å². The average Bonchev–Trinajstić information content (AvgIpc) is 3.69. The molecule has 1 aliphatic heterocycles. The molecule has 1 aromatic heterocycles. The summed E-state index contributed by atoms with van der Waals surface area (Å²) >= 11 is 0. The minimum Gasteiger partial charge on any atom is -0.368 e. The number of urea groups is 1. The summed E-state index contributed by atoms with van der Waals surface area (Å²) < 4.78 is 31.3. The van der Waals surface area contributed by atoms with Gasteiger partial charge in [-0.25, -0.2) is 9.48 Å². The summed E-state index contributed by atoms with van der Waals surface area (Å²) in [6.45, 7) is 10.8. The van der Waals surface area contributed by atoms with Crippen molar-refractivity contribution in [3.05, 3.63) is 65.9 Å². The fourth-order valence-corrected chi connectivity index (χ4v) is 5.19. The topological polar surface area (TPSA) is 117 Å². The van der Waals surface area contributed by atoms with Crippen molar-refractivity contribution < 1.29 is 22.3 Å². The molecule has 3 aromatic rings. The number of aromatic nitrogens is 2. The molecular weight excluding hydrogens is 556 g/mol. The van der Waals surface area contributed by atoms with E-state index in [1.807, 2.05) is 69.0 Å². The molecule has 2 heterocycles. The highest BCUT2D eigenvalue weighted by atomic mass is 32.2. The van der Waals surface area contributed by atoms with Gasteiger partial charge in [0.05, 0.1) is 17.6 Å². The maximum atomic E-state index is 13.6. The number of anilines is 3. The summed E-state index contributed by atoms with van der Waals surface area (Å²) in [6.07, 6.45) is 2.90. The number of hydrogen-bond donors (Lipinski definition) is 1. The summed E-state index contributed by atoms with van der Waals surface area (Å²) in [4.78, 5) is 30.1. The zero-order valence-corrected chi connectivity index (χ0v) is 25.5. The van der Waals surface area contributed by atoms with E-state index in [0.717, 1.165) is 48.5 Å². The summed E-state index contributed by atoms with van der Waals surface area (Å²) in [5.41, 5.74) is 3.39. The van der Waals surface area contributed by atoms with E-state index in [1.54, 1.807) is 18.2 Å². The lowest BCUT2D eigenvalue weighted by Crippen LogP contribution is -2.49. The minimum absolute atomic E-state index is 0.141. The SMILES string of the molecule is Cc1ccc(-n2nc(C(C)(C)C)cc2N(OS(C)(=O)=O)C(=O)Nc2ccc(N3CCN(C(=O)C4CC4)CC3)cc2)cc1. The normalized spacial score (nSPS) is 15.9. The molecule has 224 valence electrons. The number of hydrogen-bond acceptors (Lipinski definition) is 7. The van der Waals surface area contributed by atoms with Crippen molar-refractivity contribution in [2.24, 2.45) is 5.92 Å². The third kappa shape index (κ3) is 6.93. The number of nitrogens with one attached hydrogen (secondary N) is 1. The van der Waals surface area contributed by atoms with Crippen LogP contribution in [0, 0.1) is 12.8 Å². The Morgan fingerprint density at radius 2 is 1.55 bits per heavy atom. The van der Waals surface area contributed by atoms with Crippen LogP contribution in [0.25, 0.3) is 5.69 Å². The smallest absolute Gasteiger partial charge is 0.353 e. The number of nitrogens with zero attached hydrogens (tertiary/aromatic N) is 5. The Kier molecular flexibility index (Phi) is 8.04. The van der Waals surface area contributed by atoms with Gasteiger partial charge in [-0.2, -0.15) is 13.5 Å². The zero-order valence-electron chi connectivity index (χ0n) is 24.7. The van der Waals surface area contributed by atoms with Gasteiger partial charge in [-0.05, 0) is 56.2 Å². The molecule has 12 heteroatoms. The second-order valence-corrected chi connectivity index (χ2v) is 13.6. The Balaban J connectivity index is 1.36. The number of amides is 3. The maximum Gasteiger partial charge on any atom is 0.353 e. The standard InChI is InChI=1S/C30H38N6O5S/c1-21-6-12-25(13-7-21)35-27(20-26(32-35)30(2,3)4)36(41-42(5,39)40)29(38)31-23-10-14-24(15-11-23)33-16-18-34(19-17-33)28(37)22-8-9-22/h6-7,10-15,20,22H,8-9,16-19H2,1-5H3,(H,31,38). The van der Waals surface area contributed by atoms with Crippen LogP contribution < -0.4 is 15.3 Å². The fourth-order valence-electron chi connectivity index (χ4n) is 4.77. The van der Waals surface area contributed by atoms with E-state index in [0.29, 0.717) is 30.2 Å². The van der Waals surface area contributed by atoms with Crippen LogP contribution in [0.3, 0.4) is 0 Å². The third-order valence-electron chi connectivity index (χ3n) is 7.34. The van der Waals surface area contributed by atoms with Crippen molar-refractivity contribution in [3.63, 3.8) is 0 Å². The molecular formula is C30H38N6O5S. The highest BCUT2D eigenvalue weighted by Gasteiger charge is 2.35. The Labute approximate surface area is 247 Å². The van der Waals surface area contributed by atoms with E-state index in [4.69, 9.17) is 9.38 Å². The van der Waals surface area contributed by atoms with Crippen molar-refractivity contribution in [1.29, 1.82) is 0 Å². The highest BCUT2D eigenvalue weighted by Crippen LogP contribution is 2.32. The molecule has 1 saturated carbocycles. The average molecular weight is 595 g/mol. The molecule has 1 saturated heterocycles. The van der Waals surface area contributed by atoms with Gasteiger partial charge in [-0.3, -0.25) is 4.79 Å². The Hall–Kier alpha value is -3.90. The molecule has 2 aromatic carbocycles. The van der Waals surface area contributed by atoms with Crippen molar-refractivity contribution in [2.75, 3.05) is 47.7 Å². The van der Waals surface area contributed by atoms with Gasteiger partial charge in [-0.1, -0.05) is 38.5 Å². The van der Waals surface area contributed by atoms with Gasteiger partial charge in [0.25, 0.3) is 10.1 Å². The second-order valence-electron chi connectivity index (χ2n) is 12.0. The first-order valence-electron chi connectivity index (χ1n) is 14.1. The van der Waals surface area contributed by atoms with Crippen LogP contribution in [-0.2, 0) is 24.6 Å². The van der Waals surface area contributed by atoms with E-state index in [9.17, 15) is 18.0 Å². The third-order valence-corrected chi connectivity index (χ3v) is 7.76. The minimum atomic E-state index is -4.08. The second kappa shape index (κ2) is 11.4. The zero-order chi connectivity index (χ0) is 30.2. The van der Waals surface area contributed by atoms with Crippen molar-refractivity contribution in [2.45, 2.75) is 46.0 Å². The van der Waals surface area contributed by atoms with Crippen LogP contribution in [0.2, 0.25) is 0 Å². The van der Waals surface area contributed by atoms with Gasteiger partial charge < -0.3 is 15.1 Å². The quantitative estimate of drug-likeness (QED) is 0.401. The van der Waals surface area contributed by atoms with Gasteiger partial charge in [0.1, 0.15) is 0 Å². The number of benzene rings is 2. The van der Waals surface area contributed by atoms with Gasteiger partial charge in [0.15, 0.2) is 5.82 Å². The summed E-state index contributed by atoms with van der Waals surface area (Å²) in [6, 6.07) is 15.7. The van der Waals surface area contributed by atoms with Gasteiger partial charge in [0.2, 0.25) is 5.91 Å². The van der Waals surface area contributed by atoms with E-state index < -0.39 is 16.1 Å². The summed E-state index contributed by atoms with van der Waals surface area (Å²) in [5, 5.41) is 8.18. The van der Waals surface area contributed by atoms with Crippen molar-refractivity contribution in [3.8, 4) is 5.69 Å². The molecule has 0 atom stereocenters. The lowest BCUT2D eigenvalue weighted by molar-refractivity contribution is -0.132. The molecule has 3 amide bonds. The first-order valence-corrected chi connectivity index (χ1v) is 15.9. The Morgan fingerprint density at radius 1 is 0.952 bits per heavy atom. The fraction of sp³-hybridized carbons (Fsp3) is 0.433. The number of aryl methyl sites for hydroxylation is 1. The Morgan fingerprint density at radius 3 is 2.10 bits per heavy atom. The van der Waals surface area contributed by atoms with Crippen molar-refractivity contribution >= 4 is 39.2 Å². The molecule has 0 bridgehead atoms. The van der Waals surface area contributed by atoms with Crippen LogP contribution >= 0.6 is 0 Å². The van der Waals surface area contributed by atoms with E-state index >= 15 is 0 Å². The number of piperazine rings is 1. The highest BCUT2D eigenvalue weighted by molar-refractivity contribution is 7.86. The first kappa shape index (κ1) is 29.6. The van der Waals surface area contributed by atoms with Gasteiger partial charge in [-0.15, -0.1) is 9.35 Å². The molecule has 11 nitrogen and oxygen atoms in total. The molecule has 0 spiro atoms. The molecule has 0 unspecified atom stereocenters. The van der Waals surface area contributed by atoms with Crippen molar-refractivity contribution in [1.82, 2.24) is 14.7 Å². The van der Waals surface area contributed by atoms with Gasteiger partial charge in [0, 0.05) is 55.0 Å². The summed E-state index contributed by atoms with van der Waals surface area (Å²) in [7, 11) is -4.08. The Bertz CT molecular complexity index is 1550. The van der Waals surface area contributed by atoms with Crippen LogP contribution in [0.15, 0.2) is 54.6 Å². The molecule has 1 N–H and O–H groups in total. The predicted octanol–water partition coefficient (Wildman–Crippen LogP) is 4.47. The molecule has 2 fully saturated rings. The predicted molar refractivity (Wildman–Crippen MR) is 162 cm³/mol. The number of hydroxylamine groups is 1. The molecule has 0 radical (unpaired) electrons. The van der Waals surface area contributed by atoms with Crippen LogP contribution in [0.4, 0.5) is 22.0 Å². The van der Waals surface area contributed by atoms with Gasteiger partial charge >= 0.3 is 6.03 Å². The van der Waals surface area contributed by atoms with Crippen LogP contribution in [0.1, 0.15) is 44.9 Å². The van der Waals surface area contributed by atoms with Crippen LogP contribution in [0.5, 0.6) is 0 Å².